The van der Waals surface area contributed by atoms with Crippen molar-refractivity contribution in [3.8, 4) is 0 Å². The lowest BCUT2D eigenvalue weighted by Gasteiger charge is -2.21. The molecule has 1 aliphatic heterocycles. The van der Waals surface area contributed by atoms with Crippen molar-refractivity contribution in [1.82, 2.24) is 4.90 Å². The van der Waals surface area contributed by atoms with E-state index in [1.165, 1.54) is 12.1 Å². The number of hydrogen-bond acceptors (Lipinski definition) is 5. The highest BCUT2D eigenvalue weighted by Crippen LogP contribution is 2.63. The van der Waals surface area contributed by atoms with Crippen LogP contribution in [-0.4, -0.2) is 21.6 Å². The first kappa shape index (κ1) is 13.5. The number of amides is 2. The van der Waals surface area contributed by atoms with Crippen LogP contribution < -0.4 is 5.73 Å². The summed E-state index contributed by atoms with van der Waals surface area (Å²) < 4.78 is 0. The van der Waals surface area contributed by atoms with E-state index in [1.54, 1.807) is 6.07 Å². The van der Waals surface area contributed by atoms with Crippen LogP contribution in [0.5, 0.6) is 0 Å². The Kier molecular flexibility index (Phi) is 2.60. The summed E-state index contributed by atoms with van der Waals surface area (Å²) >= 11 is 0. The third-order valence-corrected chi connectivity index (χ3v) is 4.59. The van der Waals surface area contributed by atoms with Gasteiger partial charge in [0.2, 0.25) is 11.8 Å². The summed E-state index contributed by atoms with van der Waals surface area (Å²) in [6.45, 7) is 3.79. The maximum absolute atomic E-state index is 12.2. The van der Waals surface area contributed by atoms with Gasteiger partial charge in [-0.1, -0.05) is 26.0 Å². The molecule has 3 rings (SSSR count). The molecule has 0 bridgehead atoms. The lowest BCUT2D eigenvalue weighted by molar-refractivity contribution is -0.384. The molecular formula is C14H15N3O4. The summed E-state index contributed by atoms with van der Waals surface area (Å²) in [5, 5.41) is 10.9. The average Bonchev–Trinajstić information content (AvgIpc) is 2.87. The second-order valence-corrected chi connectivity index (χ2v) is 6.15. The Morgan fingerprint density at radius 2 is 1.86 bits per heavy atom. The number of nitrogens with zero attached hydrogens (tertiary/aromatic N) is 2. The largest absolute Gasteiger partial charge is 0.393 e. The summed E-state index contributed by atoms with van der Waals surface area (Å²) in [4.78, 5) is 35.9. The third-order valence-electron chi connectivity index (χ3n) is 4.59. The first-order valence-corrected chi connectivity index (χ1v) is 6.63. The number of fused-ring (bicyclic) bond motifs is 1. The van der Waals surface area contributed by atoms with Gasteiger partial charge < -0.3 is 5.73 Å². The third kappa shape index (κ3) is 1.73. The minimum atomic E-state index is -0.576. The van der Waals surface area contributed by atoms with Gasteiger partial charge in [0.25, 0.3) is 5.69 Å². The van der Waals surface area contributed by atoms with E-state index in [9.17, 15) is 19.7 Å². The van der Waals surface area contributed by atoms with Gasteiger partial charge in [0.05, 0.1) is 23.3 Å². The molecule has 1 heterocycles. The molecule has 21 heavy (non-hydrogen) atoms. The molecule has 7 heteroatoms. The van der Waals surface area contributed by atoms with E-state index < -0.39 is 4.92 Å². The van der Waals surface area contributed by atoms with Crippen LogP contribution in [0, 0.1) is 27.4 Å². The van der Waals surface area contributed by atoms with Gasteiger partial charge in [-0.15, -0.1) is 0 Å². The molecule has 2 fully saturated rings. The number of carbonyl (C=O) groups excluding carboxylic acids is 2. The highest BCUT2D eigenvalue weighted by molar-refractivity contribution is 6.10. The highest BCUT2D eigenvalue weighted by atomic mass is 16.6. The maximum atomic E-state index is 12.2. The van der Waals surface area contributed by atoms with E-state index >= 15 is 0 Å². The first-order chi connectivity index (χ1) is 9.76. The van der Waals surface area contributed by atoms with Gasteiger partial charge >= 0.3 is 0 Å². The number of carbonyl (C=O) groups is 2. The van der Waals surface area contributed by atoms with E-state index in [0.717, 1.165) is 4.90 Å². The van der Waals surface area contributed by atoms with Gasteiger partial charge in [0.1, 0.15) is 5.69 Å². The van der Waals surface area contributed by atoms with E-state index in [2.05, 4.69) is 0 Å². The fourth-order valence-electron chi connectivity index (χ4n) is 3.23. The molecular weight excluding hydrogens is 274 g/mol. The second-order valence-electron chi connectivity index (χ2n) is 6.15. The van der Waals surface area contributed by atoms with Gasteiger partial charge in [-0.3, -0.25) is 24.6 Å². The number of rotatable bonds is 3. The number of benzene rings is 1. The highest BCUT2D eigenvalue weighted by Gasteiger charge is 2.72. The predicted octanol–water partition coefficient (Wildman–Crippen LogP) is 1.32. The predicted molar refractivity (Wildman–Crippen MR) is 73.8 cm³/mol. The molecule has 2 atom stereocenters. The molecule has 1 aliphatic carbocycles. The van der Waals surface area contributed by atoms with Crippen LogP contribution in [0.3, 0.4) is 0 Å². The summed E-state index contributed by atoms with van der Waals surface area (Å²) in [5.41, 5.74) is 5.71. The van der Waals surface area contributed by atoms with Crippen molar-refractivity contribution in [1.29, 1.82) is 0 Å². The SMILES string of the molecule is CC1(C)C2C(=O)N(Cc3cccc([N+](=O)[O-])c3N)C(=O)C21. The smallest absolute Gasteiger partial charge is 0.292 e. The summed E-state index contributed by atoms with van der Waals surface area (Å²) in [6.07, 6.45) is 0. The Bertz CT molecular complexity index is 659. The van der Waals surface area contributed by atoms with Crippen molar-refractivity contribution in [3.05, 3.63) is 33.9 Å². The normalized spacial score (nSPS) is 25.9. The molecule has 1 aromatic carbocycles. The Morgan fingerprint density at radius 3 is 2.38 bits per heavy atom. The van der Waals surface area contributed by atoms with Crippen molar-refractivity contribution >= 4 is 23.2 Å². The van der Waals surface area contributed by atoms with Crippen LogP contribution in [0.1, 0.15) is 19.4 Å². The minimum absolute atomic E-state index is 0.00272. The maximum Gasteiger partial charge on any atom is 0.292 e. The molecule has 0 radical (unpaired) electrons. The van der Waals surface area contributed by atoms with Crippen LogP contribution >= 0.6 is 0 Å². The molecule has 2 unspecified atom stereocenters. The number of nitrogen functional groups attached to an aromatic ring is 1. The number of para-hydroxylation sites is 1. The van der Waals surface area contributed by atoms with Crippen LogP contribution in [0.4, 0.5) is 11.4 Å². The minimum Gasteiger partial charge on any atom is -0.393 e. The van der Waals surface area contributed by atoms with Crippen molar-refractivity contribution in [2.24, 2.45) is 17.3 Å². The summed E-state index contributed by atoms with van der Waals surface area (Å²) in [5.74, 6) is -0.934. The van der Waals surface area contributed by atoms with E-state index in [0.29, 0.717) is 5.56 Å². The van der Waals surface area contributed by atoms with Crippen molar-refractivity contribution in [2.45, 2.75) is 20.4 Å². The fraction of sp³-hybridized carbons (Fsp3) is 0.429. The Labute approximate surface area is 120 Å². The topological polar surface area (TPSA) is 107 Å². The van der Waals surface area contributed by atoms with Crippen LogP contribution in [0.15, 0.2) is 18.2 Å². The lowest BCUT2D eigenvalue weighted by Crippen LogP contribution is -2.35. The quantitative estimate of drug-likeness (QED) is 0.391. The van der Waals surface area contributed by atoms with E-state index in [-0.39, 0.29) is 47.0 Å². The molecule has 1 saturated heterocycles. The molecule has 7 nitrogen and oxygen atoms in total. The number of likely N-dealkylation sites (tertiary alicyclic amines) is 1. The van der Waals surface area contributed by atoms with Crippen molar-refractivity contribution in [2.75, 3.05) is 5.73 Å². The number of hydrogen-bond donors (Lipinski definition) is 1. The van der Waals surface area contributed by atoms with Gasteiger partial charge in [0.15, 0.2) is 0 Å². The zero-order chi connectivity index (χ0) is 15.5. The van der Waals surface area contributed by atoms with Crippen molar-refractivity contribution in [3.63, 3.8) is 0 Å². The number of nitro benzene ring substituents is 1. The number of piperidine rings is 1. The lowest BCUT2D eigenvalue weighted by atomic mass is 10.0. The Balaban J connectivity index is 1.87. The molecule has 0 aromatic heterocycles. The van der Waals surface area contributed by atoms with E-state index in [4.69, 9.17) is 5.73 Å². The summed E-state index contributed by atoms with van der Waals surface area (Å²) in [6, 6.07) is 4.39. The van der Waals surface area contributed by atoms with Gasteiger partial charge in [0, 0.05) is 11.6 Å². The van der Waals surface area contributed by atoms with Gasteiger partial charge in [-0.05, 0) is 5.41 Å². The molecule has 1 aromatic rings. The Morgan fingerprint density at radius 1 is 1.29 bits per heavy atom. The molecule has 0 spiro atoms. The first-order valence-electron chi connectivity index (χ1n) is 6.63. The molecule has 2 amide bonds. The van der Waals surface area contributed by atoms with Crippen LogP contribution in [0.25, 0.3) is 0 Å². The number of anilines is 1. The number of imide groups is 1. The standard InChI is InChI=1S/C14H15N3O4/c1-14(2)9-10(14)13(19)16(12(9)18)6-7-4-3-5-8(11(7)15)17(20)21/h3-5,9-10H,6,15H2,1-2H3. The summed E-state index contributed by atoms with van der Waals surface area (Å²) in [7, 11) is 0. The average molecular weight is 289 g/mol. The van der Waals surface area contributed by atoms with Crippen LogP contribution in [0.2, 0.25) is 0 Å². The van der Waals surface area contributed by atoms with Gasteiger partial charge in [-0.2, -0.15) is 0 Å². The zero-order valence-electron chi connectivity index (χ0n) is 11.7. The fourth-order valence-corrected chi connectivity index (χ4v) is 3.23. The van der Waals surface area contributed by atoms with Crippen molar-refractivity contribution < 1.29 is 14.5 Å². The van der Waals surface area contributed by atoms with Gasteiger partial charge in [-0.25, -0.2) is 0 Å². The number of nitro groups is 1. The van der Waals surface area contributed by atoms with E-state index in [1.807, 2.05) is 13.8 Å². The molecule has 2 N–H and O–H groups in total. The molecule has 2 aliphatic rings. The Hall–Kier alpha value is -2.44. The molecule has 110 valence electrons. The van der Waals surface area contributed by atoms with Crippen LogP contribution in [-0.2, 0) is 16.1 Å². The zero-order valence-corrected chi connectivity index (χ0v) is 11.7. The monoisotopic (exact) mass is 289 g/mol. The number of nitrogens with two attached hydrogens (primary N) is 1. The molecule has 1 saturated carbocycles. The second kappa shape index (κ2) is 4.03.